The van der Waals surface area contributed by atoms with Crippen LogP contribution in [0.2, 0.25) is 0 Å². The van der Waals surface area contributed by atoms with E-state index in [1.165, 1.54) is 0 Å². The van der Waals surface area contributed by atoms with Crippen molar-refractivity contribution in [3.05, 3.63) is 143 Å². The van der Waals surface area contributed by atoms with Crippen molar-refractivity contribution in [2.75, 3.05) is 0 Å². The van der Waals surface area contributed by atoms with E-state index in [2.05, 4.69) is 30.3 Å². The highest BCUT2D eigenvalue weighted by atomic mass is 16.6. The van der Waals surface area contributed by atoms with Crippen LogP contribution in [0, 0.1) is 5.92 Å². The van der Waals surface area contributed by atoms with Gasteiger partial charge in [-0.25, -0.2) is 4.79 Å². The lowest BCUT2D eigenvalue weighted by atomic mass is 9.68. The van der Waals surface area contributed by atoms with Crippen LogP contribution in [0.1, 0.15) is 27.0 Å². The van der Waals surface area contributed by atoms with Crippen LogP contribution in [0.4, 0.5) is 0 Å². The van der Waals surface area contributed by atoms with Gasteiger partial charge >= 0.3 is 5.97 Å². The molecule has 0 bridgehead atoms. The predicted octanol–water partition coefficient (Wildman–Crippen LogP) is 6.97. The van der Waals surface area contributed by atoms with Crippen molar-refractivity contribution in [1.29, 1.82) is 0 Å². The van der Waals surface area contributed by atoms with Crippen molar-refractivity contribution < 1.29 is 19.1 Å². The minimum Gasteiger partial charge on any atom is -0.460 e. The second-order valence-electron chi connectivity index (χ2n) is 9.94. The van der Waals surface area contributed by atoms with E-state index in [-0.39, 0.29) is 5.78 Å². The smallest absolute Gasteiger partial charge is 0.339 e. The van der Waals surface area contributed by atoms with Crippen molar-refractivity contribution in [2.24, 2.45) is 5.92 Å². The molecule has 4 nitrogen and oxygen atoms in total. The average molecular weight is 493 g/mol. The van der Waals surface area contributed by atoms with Crippen LogP contribution in [0.5, 0.6) is 5.75 Å². The number of hydrogen-bond donors (Lipinski definition) is 0. The van der Waals surface area contributed by atoms with E-state index in [0.29, 0.717) is 33.8 Å². The molecule has 3 aliphatic rings. The third-order valence-electron chi connectivity index (χ3n) is 7.99. The van der Waals surface area contributed by atoms with Crippen LogP contribution in [-0.2, 0) is 15.1 Å². The normalized spacial score (nSPS) is 21.3. The van der Waals surface area contributed by atoms with E-state index in [0.717, 1.165) is 27.1 Å². The number of carbonyl (C=O) groups is 2. The Kier molecular flexibility index (Phi) is 4.19. The maximum Gasteiger partial charge on any atom is 0.339 e. The van der Waals surface area contributed by atoms with E-state index in [1.54, 1.807) is 6.07 Å². The number of rotatable bonds is 1. The Bertz CT molecular complexity index is 1930. The molecule has 0 amide bonds. The van der Waals surface area contributed by atoms with Crippen LogP contribution < -0.4 is 4.74 Å². The fourth-order valence-electron chi connectivity index (χ4n) is 6.33. The third-order valence-corrected chi connectivity index (χ3v) is 7.99. The number of fused-ring (bicyclic) bond motifs is 8. The number of ketones is 1. The zero-order valence-electron chi connectivity index (χ0n) is 20.2. The number of allylic oxidation sites excluding steroid dienone is 3. The molecule has 5 aromatic rings. The van der Waals surface area contributed by atoms with Gasteiger partial charge in [-0.05, 0) is 63.5 Å². The van der Waals surface area contributed by atoms with Crippen LogP contribution in [0.15, 0.2) is 121 Å². The van der Waals surface area contributed by atoms with Crippen LogP contribution in [0.25, 0.3) is 27.1 Å². The highest BCUT2D eigenvalue weighted by Gasteiger charge is 2.61. The lowest BCUT2D eigenvalue weighted by Crippen LogP contribution is -2.47. The van der Waals surface area contributed by atoms with Crippen LogP contribution in [-0.4, -0.2) is 11.8 Å². The van der Waals surface area contributed by atoms with Crippen LogP contribution in [0.3, 0.4) is 0 Å². The maximum absolute atomic E-state index is 14.6. The minimum absolute atomic E-state index is 0.137. The monoisotopic (exact) mass is 492 g/mol. The van der Waals surface area contributed by atoms with Gasteiger partial charge in [-0.2, -0.15) is 0 Å². The van der Waals surface area contributed by atoms with Gasteiger partial charge in [-0.3, -0.25) is 4.79 Å². The van der Waals surface area contributed by atoms with E-state index >= 15 is 0 Å². The van der Waals surface area contributed by atoms with Gasteiger partial charge in [0.25, 0.3) is 0 Å². The van der Waals surface area contributed by atoms with Gasteiger partial charge in [-0.15, -0.1) is 0 Å². The second-order valence-corrected chi connectivity index (χ2v) is 9.94. The Morgan fingerprint density at radius 2 is 1.32 bits per heavy atom. The molecule has 2 aliphatic heterocycles. The molecule has 4 heteroatoms. The predicted molar refractivity (Wildman–Crippen MR) is 146 cm³/mol. The Labute approximate surface area is 218 Å². The van der Waals surface area contributed by atoms with E-state index in [9.17, 15) is 9.59 Å². The summed E-state index contributed by atoms with van der Waals surface area (Å²) in [5.74, 6) is -0.353. The summed E-state index contributed by atoms with van der Waals surface area (Å²) in [5.41, 5.74) is 1.96. The molecular formula is C34H20O4. The van der Waals surface area contributed by atoms with Gasteiger partial charge in [0.05, 0.1) is 5.56 Å². The maximum atomic E-state index is 14.6. The molecule has 0 N–H and O–H groups in total. The summed E-state index contributed by atoms with van der Waals surface area (Å²) in [6.07, 6.45) is 3.69. The number of esters is 1. The molecule has 0 aromatic heterocycles. The summed E-state index contributed by atoms with van der Waals surface area (Å²) in [7, 11) is 0. The summed E-state index contributed by atoms with van der Waals surface area (Å²) in [4.78, 5) is 27.7. The summed E-state index contributed by atoms with van der Waals surface area (Å²) in [6, 6.07) is 33.4. The van der Waals surface area contributed by atoms with Gasteiger partial charge in [0.2, 0.25) is 0 Å². The molecule has 180 valence electrons. The highest BCUT2D eigenvalue weighted by Crippen LogP contribution is 2.57. The Hall–Kier alpha value is -4.96. The standard InChI is InChI=1S/C34H20O4/c35-32-24(23-12-7-10-22-18-20-8-1-2-9-21(20)19-26(22)23)16-17-30-31(32)34(28-14-5-6-15-29(28)37-30)27-13-4-3-11-25(27)33(36)38-34/h1-19,31H. The quantitative estimate of drug-likeness (QED) is 0.187. The molecule has 0 saturated heterocycles. The molecule has 5 aromatic carbocycles. The summed E-state index contributed by atoms with van der Waals surface area (Å²) in [5, 5.41) is 4.31. The van der Waals surface area contributed by atoms with Crippen molar-refractivity contribution >= 4 is 38.9 Å². The first kappa shape index (κ1) is 21.2. The van der Waals surface area contributed by atoms with Crippen molar-refractivity contribution in [3.8, 4) is 5.75 Å². The van der Waals surface area contributed by atoms with Crippen molar-refractivity contribution in [1.82, 2.24) is 0 Å². The number of carbonyl (C=O) groups excluding carboxylic acids is 2. The lowest BCUT2D eigenvalue weighted by Gasteiger charge is -2.43. The number of hydrogen-bond acceptors (Lipinski definition) is 4. The largest absolute Gasteiger partial charge is 0.460 e. The molecule has 2 atom stereocenters. The molecular weight excluding hydrogens is 472 g/mol. The number of ether oxygens (including phenoxy) is 2. The average Bonchev–Trinajstić information content (AvgIpc) is 3.24. The Balaban J connectivity index is 1.37. The molecule has 0 fully saturated rings. The molecule has 1 aliphatic carbocycles. The Morgan fingerprint density at radius 1 is 0.632 bits per heavy atom. The second kappa shape index (κ2) is 7.53. The number of Topliss-reactive ketones (excluding diaryl/α,β-unsaturated/α-hetero) is 1. The SMILES string of the molecule is O=C1OC2(c3ccccc3OC3=CC=C(c4cccc5cc6ccccc6cc45)C(=O)C32)c2ccccc21. The van der Waals surface area contributed by atoms with Gasteiger partial charge < -0.3 is 9.47 Å². The molecule has 0 saturated carbocycles. The van der Waals surface area contributed by atoms with Gasteiger partial charge in [-0.1, -0.05) is 78.9 Å². The van der Waals surface area contributed by atoms with Crippen molar-refractivity contribution in [2.45, 2.75) is 5.60 Å². The number of benzene rings is 5. The van der Waals surface area contributed by atoms with Gasteiger partial charge in [0.15, 0.2) is 11.4 Å². The highest BCUT2D eigenvalue weighted by molar-refractivity contribution is 6.27. The molecule has 1 spiro atoms. The zero-order valence-corrected chi connectivity index (χ0v) is 20.2. The van der Waals surface area contributed by atoms with Crippen molar-refractivity contribution in [3.63, 3.8) is 0 Å². The summed E-state index contributed by atoms with van der Waals surface area (Å²) < 4.78 is 12.5. The van der Waals surface area contributed by atoms with Gasteiger partial charge in [0.1, 0.15) is 17.4 Å². The Morgan fingerprint density at radius 3 is 2.18 bits per heavy atom. The summed E-state index contributed by atoms with van der Waals surface area (Å²) in [6.45, 7) is 0. The minimum atomic E-state index is -1.30. The van der Waals surface area contributed by atoms with E-state index in [4.69, 9.17) is 9.47 Å². The zero-order chi connectivity index (χ0) is 25.4. The fraction of sp³-hybridized carbons (Fsp3) is 0.0588. The molecule has 2 unspecified atom stereocenters. The topological polar surface area (TPSA) is 52.6 Å². The fourth-order valence-corrected chi connectivity index (χ4v) is 6.33. The summed E-state index contributed by atoms with van der Waals surface area (Å²) >= 11 is 0. The van der Waals surface area contributed by atoms with E-state index in [1.807, 2.05) is 78.9 Å². The first-order valence-corrected chi connectivity index (χ1v) is 12.6. The van der Waals surface area contributed by atoms with Crippen LogP contribution >= 0.6 is 0 Å². The molecule has 38 heavy (non-hydrogen) atoms. The molecule has 0 radical (unpaired) electrons. The first-order chi connectivity index (χ1) is 18.6. The molecule has 2 heterocycles. The number of para-hydroxylation sites is 1. The molecule has 8 rings (SSSR count). The van der Waals surface area contributed by atoms with Gasteiger partial charge in [0, 0.05) is 16.7 Å². The lowest BCUT2D eigenvalue weighted by molar-refractivity contribution is -0.124. The first-order valence-electron chi connectivity index (χ1n) is 12.6. The third kappa shape index (κ3) is 2.69. The van der Waals surface area contributed by atoms with E-state index < -0.39 is 17.5 Å².